The lowest BCUT2D eigenvalue weighted by molar-refractivity contribution is 0.0743. The minimum Gasteiger partial charge on any atom is -0.385 e. The standard InChI is InChI=1S/C17H25N3O/c1-2-18-15-8-6-14(7-9-15)17(21)20-12-4-11-19-10-3-5-16(19)13-20/h6-9,16,18H,2-5,10-13H2,1H3. The average Bonchev–Trinajstić information content (AvgIpc) is 2.85. The number of benzene rings is 1. The molecule has 1 N–H and O–H groups in total. The van der Waals surface area contributed by atoms with Crippen LogP contribution < -0.4 is 5.32 Å². The second-order valence-electron chi connectivity index (χ2n) is 6.04. The van der Waals surface area contributed by atoms with E-state index in [2.05, 4.69) is 22.0 Å². The highest BCUT2D eigenvalue weighted by atomic mass is 16.2. The molecule has 2 aliphatic rings. The zero-order valence-corrected chi connectivity index (χ0v) is 12.8. The van der Waals surface area contributed by atoms with Gasteiger partial charge in [-0.1, -0.05) is 0 Å². The van der Waals surface area contributed by atoms with Crippen LogP contribution in [0.1, 0.15) is 36.5 Å². The molecule has 3 rings (SSSR count). The van der Waals surface area contributed by atoms with Gasteiger partial charge in [-0.2, -0.15) is 0 Å². The molecule has 0 aliphatic carbocycles. The van der Waals surface area contributed by atoms with Crippen molar-refractivity contribution < 1.29 is 4.79 Å². The first-order valence-electron chi connectivity index (χ1n) is 8.15. The van der Waals surface area contributed by atoms with E-state index in [0.29, 0.717) is 6.04 Å². The predicted molar refractivity (Wildman–Crippen MR) is 85.7 cm³/mol. The van der Waals surface area contributed by atoms with Crippen molar-refractivity contribution in [2.24, 2.45) is 0 Å². The van der Waals surface area contributed by atoms with Gasteiger partial charge in [-0.15, -0.1) is 0 Å². The maximum atomic E-state index is 12.7. The fraction of sp³-hybridized carbons (Fsp3) is 0.588. The molecule has 1 unspecified atom stereocenters. The molecule has 1 amide bonds. The smallest absolute Gasteiger partial charge is 0.253 e. The highest BCUT2D eigenvalue weighted by Crippen LogP contribution is 2.22. The molecule has 2 aliphatic heterocycles. The Bertz CT molecular complexity index is 485. The first-order valence-corrected chi connectivity index (χ1v) is 8.15. The Morgan fingerprint density at radius 1 is 1.19 bits per heavy atom. The van der Waals surface area contributed by atoms with Crippen molar-refractivity contribution in [2.45, 2.75) is 32.2 Å². The van der Waals surface area contributed by atoms with E-state index in [0.717, 1.165) is 43.9 Å². The van der Waals surface area contributed by atoms with Crippen LogP contribution in [0, 0.1) is 0 Å². The summed E-state index contributed by atoms with van der Waals surface area (Å²) in [6.45, 7) is 7.12. The zero-order chi connectivity index (χ0) is 14.7. The van der Waals surface area contributed by atoms with E-state index in [1.54, 1.807) is 0 Å². The molecule has 2 heterocycles. The zero-order valence-electron chi connectivity index (χ0n) is 12.8. The second kappa shape index (κ2) is 6.48. The van der Waals surface area contributed by atoms with E-state index in [4.69, 9.17) is 0 Å². The van der Waals surface area contributed by atoms with E-state index in [9.17, 15) is 4.79 Å². The van der Waals surface area contributed by atoms with Gasteiger partial charge in [0.15, 0.2) is 0 Å². The van der Waals surface area contributed by atoms with Gasteiger partial charge in [-0.25, -0.2) is 0 Å². The molecule has 1 aromatic carbocycles. The van der Waals surface area contributed by atoms with Crippen molar-refractivity contribution in [1.29, 1.82) is 0 Å². The monoisotopic (exact) mass is 287 g/mol. The topological polar surface area (TPSA) is 35.6 Å². The molecule has 0 aromatic heterocycles. The molecule has 1 aromatic rings. The van der Waals surface area contributed by atoms with Crippen molar-refractivity contribution in [2.75, 3.05) is 38.0 Å². The molecule has 2 fully saturated rings. The van der Waals surface area contributed by atoms with Gasteiger partial charge in [0, 0.05) is 43.5 Å². The number of anilines is 1. The summed E-state index contributed by atoms with van der Waals surface area (Å²) in [4.78, 5) is 17.3. The lowest BCUT2D eigenvalue weighted by Gasteiger charge is -2.25. The fourth-order valence-corrected chi connectivity index (χ4v) is 3.51. The summed E-state index contributed by atoms with van der Waals surface area (Å²) >= 11 is 0. The summed E-state index contributed by atoms with van der Waals surface area (Å²) in [7, 11) is 0. The maximum absolute atomic E-state index is 12.7. The van der Waals surface area contributed by atoms with Crippen molar-refractivity contribution in [1.82, 2.24) is 9.80 Å². The van der Waals surface area contributed by atoms with E-state index in [1.807, 2.05) is 24.3 Å². The summed E-state index contributed by atoms with van der Waals surface area (Å²) in [5, 5.41) is 3.26. The summed E-state index contributed by atoms with van der Waals surface area (Å²) in [5.74, 6) is 0.187. The molecule has 2 saturated heterocycles. The molecular weight excluding hydrogens is 262 g/mol. The third-order valence-corrected chi connectivity index (χ3v) is 4.60. The molecule has 114 valence electrons. The van der Waals surface area contributed by atoms with E-state index in [1.165, 1.54) is 19.4 Å². The van der Waals surface area contributed by atoms with Gasteiger partial charge < -0.3 is 10.2 Å². The number of rotatable bonds is 3. The third-order valence-electron chi connectivity index (χ3n) is 4.60. The molecule has 4 nitrogen and oxygen atoms in total. The Labute approximate surface area is 127 Å². The molecular formula is C17H25N3O. The summed E-state index contributed by atoms with van der Waals surface area (Å²) in [6.07, 6.45) is 3.62. The van der Waals surface area contributed by atoms with Crippen LogP contribution in [0.2, 0.25) is 0 Å². The second-order valence-corrected chi connectivity index (χ2v) is 6.04. The van der Waals surface area contributed by atoms with Crippen LogP contribution in [0.5, 0.6) is 0 Å². The molecule has 0 saturated carbocycles. The number of nitrogens with zero attached hydrogens (tertiary/aromatic N) is 2. The van der Waals surface area contributed by atoms with Gasteiger partial charge in [0.2, 0.25) is 0 Å². The van der Waals surface area contributed by atoms with Gasteiger partial charge in [0.1, 0.15) is 0 Å². The maximum Gasteiger partial charge on any atom is 0.253 e. The highest BCUT2D eigenvalue weighted by Gasteiger charge is 2.30. The molecule has 0 spiro atoms. The Hall–Kier alpha value is -1.55. The van der Waals surface area contributed by atoms with Gasteiger partial charge in [-0.05, 0) is 57.0 Å². The van der Waals surface area contributed by atoms with Crippen LogP contribution in [0.4, 0.5) is 5.69 Å². The average molecular weight is 287 g/mol. The number of nitrogens with one attached hydrogen (secondary N) is 1. The SMILES string of the molecule is CCNc1ccc(C(=O)N2CCCN3CCCC3C2)cc1. The van der Waals surface area contributed by atoms with Crippen LogP contribution in [0.3, 0.4) is 0 Å². The largest absolute Gasteiger partial charge is 0.385 e. The van der Waals surface area contributed by atoms with E-state index in [-0.39, 0.29) is 5.91 Å². The lowest BCUT2D eigenvalue weighted by Crippen LogP contribution is -2.39. The number of carbonyl (C=O) groups is 1. The van der Waals surface area contributed by atoms with Crippen molar-refractivity contribution in [3.8, 4) is 0 Å². The minimum absolute atomic E-state index is 0.187. The highest BCUT2D eigenvalue weighted by molar-refractivity contribution is 5.94. The third kappa shape index (κ3) is 3.21. The Balaban J connectivity index is 1.68. The Morgan fingerprint density at radius 3 is 2.71 bits per heavy atom. The van der Waals surface area contributed by atoms with Gasteiger partial charge in [0.25, 0.3) is 5.91 Å². The van der Waals surface area contributed by atoms with Crippen LogP contribution in [0.15, 0.2) is 24.3 Å². The van der Waals surface area contributed by atoms with Crippen LogP contribution >= 0.6 is 0 Å². The Morgan fingerprint density at radius 2 is 1.95 bits per heavy atom. The number of carbonyl (C=O) groups excluding carboxylic acids is 1. The van der Waals surface area contributed by atoms with Gasteiger partial charge in [0.05, 0.1) is 0 Å². The quantitative estimate of drug-likeness (QED) is 0.927. The number of hydrogen-bond acceptors (Lipinski definition) is 3. The van der Waals surface area contributed by atoms with E-state index >= 15 is 0 Å². The molecule has 4 heteroatoms. The van der Waals surface area contributed by atoms with Crippen LogP contribution in [-0.4, -0.2) is 54.5 Å². The van der Waals surface area contributed by atoms with Crippen molar-refractivity contribution in [3.63, 3.8) is 0 Å². The molecule has 1 atom stereocenters. The van der Waals surface area contributed by atoms with Crippen molar-refractivity contribution in [3.05, 3.63) is 29.8 Å². The van der Waals surface area contributed by atoms with Crippen molar-refractivity contribution >= 4 is 11.6 Å². The molecule has 21 heavy (non-hydrogen) atoms. The number of amides is 1. The summed E-state index contributed by atoms with van der Waals surface area (Å²) < 4.78 is 0. The van der Waals surface area contributed by atoms with E-state index < -0.39 is 0 Å². The first kappa shape index (κ1) is 14.4. The molecule has 0 bridgehead atoms. The number of fused-ring (bicyclic) bond motifs is 1. The Kier molecular flexibility index (Phi) is 4.44. The van der Waals surface area contributed by atoms with Gasteiger partial charge >= 0.3 is 0 Å². The predicted octanol–water partition coefficient (Wildman–Crippen LogP) is 2.43. The van der Waals surface area contributed by atoms with Crippen LogP contribution in [0.25, 0.3) is 0 Å². The minimum atomic E-state index is 0.187. The molecule has 0 radical (unpaired) electrons. The fourth-order valence-electron chi connectivity index (χ4n) is 3.51. The summed E-state index contributed by atoms with van der Waals surface area (Å²) in [5.41, 5.74) is 1.88. The normalized spacial score (nSPS) is 22.7. The van der Waals surface area contributed by atoms with Gasteiger partial charge in [-0.3, -0.25) is 9.69 Å². The lowest BCUT2D eigenvalue weighted by atomic mass is 10.1. The number of hydrogen-bond donors (Lipinski definition) is 1. The van der Waals surface area contributed by atoms with Crippen LogP contribution in [-0.2, 0) is 0 Å². The summed E-state index contributed by atoms with van der Waals surface area (Å²) in [6, 6.07) is 8.46. The first-order chi connectivity index (χ1) is 10.3.